The van der Waals surface area contributed by atoms with Crippen molar-refractivity contribution in [2.24, 2.45) is 5.92 Å². The quantitative estimate of drug-likeness (QED) is 0.863. The Labute approximate surface area is 119 Å². The fraction of sp³-hybridized carbons (Fsp3) is 0.600. The van der Waals surface area contributed by atoms with E-state index in [1.54, 1.807) is 12.1 Å². The third-order valence-electron chi connectivity index (χ3n) is 3.94. The maximum atomic E-state index is 10.6. The monoisotopic (exact) mass is 278 g/mol. The molecule has 5 heteroatoms. The summed E-state index contributed by atoms with van der Waals surface area (Å²) in [7, 11) is 0. The van der Waals surface area contributed by atoms with Crippen molar-refractivity contribution in [1.29, 1.82) is 0 Å². The number of carbonyl (C=O) groups is 1. The maximum Gasteiger partial charge on any atom is 0.303 e. The number of rotatable bonds is 5. The number of aromatic hydroxyl groups is 1. The molecule has 1 aliphatic rings. The number of piperidine rings is 1. The Kier molecular flexibility index (Phi) is 4.95. The molecule has 0 unspecified atom stereocenters. The van der Waals surface area contributed by atoms with Gasteiger partial charge in [-0.2, -0.15) is 0 Å². The standard InChI is InChI=1S/C15H22N2O3/c1-11-2-4-14(18)13(16-11)10-17-8-6-12(7-9-17)3-5-15(19)20/h2,4,12,18H,3,5-10H2,1H3,(H,19,20). The largest absolute Gasteiger partial charge is 0.506 e. The molecule has 110 valence electrons. The van der Waals surface area contributed by atoms with Crippen LogP contribution in [0.25, 0.3) is 0 Å². The van der Waals surface area contributed by atoms with Gasteiger partial charge >= 0.3 is 5.97 Å². The van der Waals surface area contributed by atoms with Crippen molar-refractivity contribution >= 4 is 5.97 Å². The minimum absolute atomic E-state index is 0.253. The Morgan fingerprint density at radius 1 is 1.40 bits per heavy atom. The van der Waals surface area contributed by atoms with E-state index in [9.17, 15) is 9.90 Å². The molecule has 0 radical (unpaired) electrons. The number of aliphatic carboxylic acids is 1. The van der Waals surface area contributed by atoms with Crippen LogP contribution in [0.15, 0.2) is 12.1 Å². The summed E-state index contributed by atoms with van der Waals surface area (Å²) in [5.74, 6) is 0.0614. The predicted octanol–water partition coefficient (Wildman–Crippen LogP) is 2.17. The van der Waals surface area contributed by atoms with Gasteiger partial charge in [-0.1, -0.05) is 0 Å². The van der Waals surface area contributed by atoms with Gasteiger partial charge in [0.2, 0.25) is 0 Å². The van der Waals surface area contributed by atoms with Gasteiger partial charge in [0, 0.05) is 18.7 Å². The highest BCUT2D eigenvalue weighted by Crippen LogP contribution is 2.24. The minimum atomic E-state index is -0.707. The van der Waals surface area contributed by atoms with E-state index < -0.39 is 5.97 Å². The Balaban J connectivity index is 1.82. The Hall–Kier alpha value is -1.62. The molecule has 1 aliphatic heterocycles. The molecule has 0 aliphatic carbocycles. The van der Waals surface area contributed by atoms with Gasteiger partial charge in [0.15, 0.2) is 0 Å². The molecule has 0 spiro atoms. The van der Waals surface area contributed by atoms with Crippen molar-refractivity contribution < 1.29 is 15.0 Å². The van der Waals surface area contributed by atoms with Gasteiger partial charge in [-0.3, -0.25) is 14.7 Å². The molecule has 1 aromatic rings. The van der Waals surface area contributed by atoms with Crippen LogP contribution < -0.4 is 0 Å². The average Bonchev–Trinajstić information content (AvgIpc) is 2.42. The number of nitrogens with zero attached hydrogens (tertiary/aromatic N) is 2. The number of carboxylic acids is 1. The van der Waals surface area contributed by atoms with Gasteiger partial charge in [-0.15, -0.1) is 0 Å². The molecule has 2 heterocycles. The lowest BCUT2D eigenvalue weighted by Gasteiger charge is -2.31. The molecular formula is C15H22N2O3. The van der Waals surface area contributed by atoms with Gasteiger partial charge in [0.05, 0.1) is 5.69 Å². The molecule has 0 atom stereocenters. The van der Waals surface area contributed by atoms with Crippen LogP contribution >= 0.6 is 0 Å². The van der Waals surface area contributed by atoms with E-state index in [0.29, 0.717) is 12.5 Å². The van der Waals surface area contributed by atoms with Crippen LogP contribution in [0.2, 0.25) is 0 Å². The minimum Gasteiger partial charge on any atom is -0.506 e. The molecular weight excluding hydrogens is 256 g/mol. The van der Waals surface area contributed by atoms with Crippen LogP contribution in [0.1, 0.15) is 37.1 Å². The number of aromatic nitrogens is 1. The van der Waals surface area contributed by atoms with Gasteiger partial charge in [-0.05, 0) is 57.3 Å². The second-order valence-electron chi connectivity index (χ2n) is 5.57. The number of pyridine rings is 1. The van der Waals surface area contributed by atoms with Gasteiger partial charge < -0.3 is 10.2 Å². The van der Waals surface area contributed by atoms with Crippen molar-refractivity contribution in [3.05, 3.63) is 23.5 Å². The van der Waals surface area contributed by atoms with Crippen LogP contribution in [0, 0.1) is 12.8 Å². The highest BCUT2D eigenvalue weighted by Gasteiger charge is 2.20. The normalized spacial score (nSPS) is 17.2. The average molecular weight is 278 g/mol. The first-order chi connectivity index (χ1) is 9.54. The number of likely N-dealkylation sites (tertiary alicyclic amines) is 1. The number of hydrogen-bond acceptors (Lipinski definition) is 4. The van der Waals surface area contributed by atoms with Crippen LogP contribution in [-0.2, 0) is 11.3 Å². The molecule has 2 rings (SSSR count). The summed E-state index contributed by atoms with van der Waals surface area (Å²) in [5, 5.41) is 18.5. The molecule has 5 nitrogen and oxygen atoms in total. The third-order valence-corrected chi connectivity index (χ3v) is 3.94. The van der Waals surface area contributed by atoms with Gasteiger partial charge in [0.25, 0.3) is 0 Å². The highest BCUT2D eigenvalue weighted by molar-refractivity contribution is 5.66. The predicted molar refractivity (Wildman–Crippen MR) is 75.5 cm³/mol. The zero-order valence-corrected chi connectivity index (χ0v) is 11.9. The first-order valence-corrected chi connectivity index (χ1v) is 7.14. The van der Waals surface area contributed by atoms with Crippen LogP contribution in [0.4, 0.5) is 0 Å². The highest BCUT2D eigenvalue weighted by atomic mass is 16.4. The van der Waals surface area contributed by atoms with E-state index in [2.05, 4.69) is 9.88 Å². The number of aryl methyl sites for hydroxylation is 1. The third kappa shape index (κ3) is 4.20. The second kappa shape index (κ2) is 6.70. The summed E-state index contributed by atoms with van der Waals surface area (Å²) in [6.07, 6.45) is 3.10. The lowest BCUT2D eigenvalue weighted by Crippen LogP contribution is -2.33. The summed E-state index contributed by atoms with van der Waals surface area (Å²) in [5.41, 5.74) is 1.64. The fourth-order valence-corrected chi connectivity index (χ4v) is 2.69. The van der Waals surface area contributed by atoms with Crippen LogP contribution in [0.5, 0.6) is 5.75 Å². The molecule has 0 aromatic carbocycles. The first kappa shape index (κ1) is 14.8. The molecule has 0 amide bonds. The molecule has 20 heavy (non-hydrogen) atoms. The van der Waals surface area contributed by atoms with E-state index in [0.717, 1.165) is 43.7 Å². The number of carboxylic acid groups (broad SMARTS) is 1. The Morgan fingerprint density at radius 3 is 2.75 bits per heavy atom. The summed E-state index contributed by atoms with van der Waals surface area (Å²) in [4.78, 5) is 17.2. The van der Waals surface area contributed by atoms with E-state index in [1.165, 1.54) is 0 Å². The lowest BCUT2D eigenvalue weighted by atomic mass is 9.92. The lowest BCUT2D eigenvalue weighted by molar-refractivity contribution is -0.137. The van der Waals surface area contributed by atoms with Gasteiger partial charge in [0.1, 0.15) is 5.75 Å². The van der Waals surface area contributed by atoms with Crippen molar-refractivity contribution in [3.8, 4) is 5.75 Å². The fourth-order valence-electron chi connectivity index (χ4n) is 2.69. The van der Waals surface area contributed by atoms with E-state index in [1.807, 2.05) is 6.92 Å². The van der Waals surface area contributed by atoms with Gasteiger partial charge in [-0.25, -0.2) is 0 Å². The molecule has 0 bridgehead atoms. The van der Waals surface area contributed by atoms with Crippen molar-refractivity contribution in [3.63, 3.8) is 0 Å². The Morgan fingerprint density at radius 2 is 2.10 bits per heavy atom. The summed E-state index contributed by atoms with van der Waals surface area (Å²) in [6, 6.07) is 3.49. The molecule has 1 aromatic heterocycles. The zero-order chi connectivity index (χ0) is 14.5. The van der Waals surface area contributed by atoms with Crippen LogP contribution in [0.3, 0.4) is 0 Å². The SMILES string of the molecule is Cc1ccc(O)c(CN2CCC(CCC(=O)O)CC2)n1. The molecule has 1 saturated heterocycles. The number of hydrogen-bond donors (Lipinski definition) is 2. The second-order valence-corrected chi connectivity index (χ2v) is 5.57. The topological polar surface area (TPSA) is 73.7 Å². The van der Waals surface area contributed by atoms with Crippen LogP contribution in [-0.4, -0.2) is 39.2 Å². The first-order valence-electron chi connectivity index (χ1n) is 7.14. The van der Waals surface area contributed by atoms with Crippen molar-refractivity contribution in [1.82, 2.24) is 9.88 Å². The molecule has 0 saturated carbocycles. The summed E-state index contributed by atoms with van der Waals surface area (Å²) in [6.45, 7) is 4.47. The van der Waals surface area contributed by atoms with E-state index in [-0.39, 0.29) is 12.2 Å². The smallest absolute Gasteiger partial charge is 0.303 e. The zero-order valence-electron chi connectivity index (χ0n) is 11.9. The Bertz CT molecular complexity index is 468. The molecule has 1 fully saturated rings. The molecule has 2 N–H and O–H groups in total. The van der Waals surface area contributed by atoms with Crippen molar-refractivity contribution in [2.45, 2.75) is 39.2 Å². The van der Waals surface area contributed by atoms with E-state index >= 15 is 0 Å². The summed E-state index contributed by atoms with van der Waals surface area (Å²) >= 11 is 0. The maximum absolute atomic E-state index is 10.6. The van der Waals surface area contributed by atoms with Crippen molar-refractivity contribution in [2.75, 3.05) is 13.1 Å². The summed E-state index contributed by atoms with van der Waals surface area (Å²) < 4.78 is 0. The van der Waals surface area contributed by atoms with E-state index in [4.69, 9.17) is 5.11 Å².